The summed E-state index contributed by atoms with van der Waals surface area (Å²) in [7, 11) is 0. The van der Waals surface area contributed by atoms with Crippen LogP contribution in [0.1, 0.15) is 41.7 Å². The van der Waals surface area contributed by atoms with E-state index in [0.717, 1.165) is 12.8 Å². The van der Waals surface area contributed by atoms with Crippen molar-refractivity contribution in [3.63, 3.8) is 0 Å². The predicted octanol–water partition coefficient (Wildman–Crippen LogP) is 4.28. The van der Waals surface area contributed by atoms with E-state index in [0.29, 0.717) is 0 Å². The fraction of sp³-hybridized carbons (Fsp3) is 0.368. The molecule has 0 aliphatic rings. The molecule has 0 fully saturated rings. The summed E-state index contributed by atoms with van der Waals surface area (Å²) in [5.41, 5.74) is 12.8. The second-order valence-corrected chi connectivity index (χ2v) is 6.06. The molecule has 2 aromatic rings. The summed E-state index contributed by atoms with van der Waals surface area (Å²) in [6.45, 7) is 8.59. The van der Waals surface area contributed by atoms with E-state index in [1.165, 1.54) is 27.8 Å². The van der Waals surface area contributed by atoms with Gasteiger partial charge in [-0.25, -0.2) is 0 Å². The van der Waals surface area contributed by atoms with Gasteiger partial charge >= 0.3 is 0 Å². The van der Waals surface area contributed by atoms with Gasteiger partial charge in [0, 0.05) is 5.54 Å². The van der Waals surface area contributed by atoms with Crippen molar-refractivity contribution in [2.75, 3.05) is 0 Å². The molecule has 1 unspecified atom stereocenters. The van der Waals surface area contributed by atoms with Gasteiger partial charge in [-0.05, 0) is 61.4 Å². The third-order valence-corrected chi connectivity index (χ3v) is 4.16. The third kappa shape index (κ3) is 3.29. The fourth-order valence-corrected chi connectivity index (χ4v) is 2.56. The van der Waals surface area contributed by atoms with Crippen LogP contribution in [-0.4, -0.2) is 0 Å². The Bertz CT molecular complexity index is 579. The van der Waals surface area contributed by atoms with Gasteiger partial charge in [0.25, 0.3) is 0 Å². The van der Waals surface area contributed by atoms with Crippen LogP contribution in [0.5, 0.6) is 0 Å². The number of nitrogens with two attached hydrogens (primary N) is 1. The molecule has 1 heteroatoms. The molecule has 0 spiro atoms. The average Bonchev–Trinajstić information content (AvgIpc) is 2.43. The maximum absolute atomic E-state index is 6.55. The van der Waals surface area contributed by atoms with Gasteiger partial charge in [0.1, 0.15) is 0 Å². The predicted molar refractivity (Wildman–Crippen MR) is 87.0 cm³/mol. The molecule has 2 N–H and O–H groups in total. The first-order chi connectivity index (χ1) is 9.42. The second-order valence-electron chi connectivity index (χ2n) is 6.06. The molecule has 0 heterocycles. The van der Waals surface area contributed by atoms with Crippen molar-refractivity contribution >= 4 is 0 Å². The summed E-state index contributed by atoms with van der Waals surface area (Å²) in [5, 5.41) is 0. The van der Waals surface area contributed by atoms with E-state index in [4.69, 9.17) is 5.73 Å². The topological polar surface area (TPSA) is 26.0 Å². The summed E-state index contributed by atoms with van der Waals surface area (Å²) in [6.07, 6.45) is 1.93. The van der Waals surface area contributed by atoms with Gasteiger partial charge in [-0.2, -0.15) is 0 Å². The number of rotatable bonds is 4. The summed E-state index contributed by atoms with van der Waals surface area (Å²) >= 11 is 0. The zero-order valence-electron chi connectivity index (χ0n) is 13.0. The minimum Gasteiger partial charge on any atom is -0.321 e. The van der Waals surface area contributed by atoms with Crippen molar-refractivity contribution in [2.45, 2.75) is 46.1 Å². The Kier molecular flexibility index (Phi) is 4.29. The summed E-state index contributed by atoms with van der Waals surface area (Å²) in [6, 6.07) is 15.3. The zero-order chi connectivity index (χ0) is 14.8. The fourth-order valence-electron chi connectivity index (χ4n) is 2.56. The standard InChI is InChI=1S/C19H25N/c1-5-16-8-10-18(11-9-16)19(4,20)13-17-7-6-14(2)15(3)12-17/h6-12H,5,13,20H2,1-4H3. The lowest BCUT2D eigenvalue weighted by atomic mass is 9.85. The van der Waals surface area contributed by atoms with Crippen molar-refractivity contribution in [1.29, 1.82) is 0 Å². The third-order valence-electron chi connectivity index (χ3n) is 4.16. The molecule has 0 saturated carbocycles. The Labute approximate surface area is 122 Å². The van der Waals surface area contributed by atoms with E-state index >= 15 is 0 Å². The van der Waals surface area contributed by atoms with Gasteiger partial charge in [0.15, 0.2) is 0 Å². The van der Waals surface area contributed by atoms with Crippen molar-refractivity contribution in [3.8, 4) is 0 Å². The first-order valence-corrected chi connectivity index (χ1v) is 7.37. The van der Waals surface area contributed by atoms with E-state index in [1.54, 1.807) is 0 Å². The quantitative estimate of drug-likeness (QED) is 0.879. The van der Waals surface area contributed by atoms with Crippen LogP contribution in [0.15, 0.2) is 42.5 Å². The van der Waals surface area contributed by atoms with Gasteiger partial charge in [-0.1, -0.05) is 49.4 Å². The maximum Gasteiger partial charge on any atom is 0.0421 e. The molecule has 0 saturated heterocycles. The molecule has 0 aromatic heterocycles. The Balaban J connectivity index is 2.22. The largest absolute Gasteiger partial charge is 0.321 e. The molecule has 1 nitrogen and oxygen atoms in total. The van der Waals surface area contributed by atoms with Crippen LogP contribution < -0.4 is 5.73 Å². The molecule has 0 amide bonds. The lowest BCUT2D eigenvalue weighted by molar-refractivity contribution is 0.491. The van der Waals surface area contributed by atoms with E-state index in [1.807, 2.05) is 0 Å². The van der Waals surface area contributed by atoms with Gasteiger partial charge in [-0.15, -0.1) is 0 Å². The van der Waals surface area contributed by atoms with Crippen molar-refractivity contribution in [1.82, 2.24) is 0 Å². The monoisotopic (exact) mass is 267 g/mol. The highest BCUT2D eigenvalue weighted by Gasteiger charge is 2.21. The van der Waals surface area contributed by atoms with Crippen LogP contribution in [-0.2, 0) is 18.4 Å². The molecule has 1 atom stereocenters. The molecule has 20 heavy (non-hydrogen) atoms. The lowest BCUT2D eigenvalue weighted by Crippen LogP contribution is -2.35. The molecule has 2 rings (SSSR count). The van der Waals surface area contributed by atoms with Gasteiger partial charge in [-0.3, -0.25) is 0 Å². The molecule has 106 valence electrons. The Morgan fingerprint density at radius 3 is 2.05 bits per heavy atom. The second kappa shape index (κ2) is 5.80. The van der Waals surface area contributed by atoms with E-state index in [9.17, 15) is 0 Å². The van der Waals surface area contributed by atoms with Gasteiger partial charge < -0.3 is 5.73 Å². The molecule has 0 aliphatic heterocycles. The molecule has 0 aliphatic carbocycles. The Morgan fingerprint density at radius 1 is 0.900 bits per heavy atom. The molecule has 0 bridgehead atoms. The smallest absolute Gasteiger partial charge is 0.0421 e. The normalized spacial score (nSPS) is 14.1. The summed E-state index contributed by atoms with van der Waals surface area (Å²) in [4.78, 5) is 0. The van der Waals surface area contributed by atoms with E-state index in [2.05, 4.69) is 70.2 Å². The first kappa shape index (κ1) is 14.8. The van der Waals surface area contributed by atoms with Crippen LogP contribution in [0.2, 0.25) is 0 Å². The lowest BCUT2D eigenvalue weighted by Gasteiger charge is -2.26. The Morgan fingerprint density at radius 2 is 1.50 bits per heavy atom. The minimum atomic E-state index is -0.325. The van der Waals surface area contributed by atoms with Crippen LogP contribution in [0, 0.1) is 13.8 Å². The highest BCUT2D eigenvalue weighted by molar-refractivity contribution is 5.34. The number of benzene rings is 2. The first-order valence-electron chi connectivity index (χ1n) is 7.37. The number of hydrogen-bond donors (Lipinski definition) is 1. The Hall–Kier alpha value is -1.60. The molecule has 2 aromatic carbocycles. The molecular formula is C19H25N. The average molecular weight is 267 g/mol. The molecule has 0 radical (unpaired) electrons. The van der Waals surface area contributed by atoms with E-state index < -0.39 is 0 Å². The van der Waals surface area contributed by atoms with Crippen molar-refractivity contribution in [3.05, 3.63) is 70.3 Å². The highest BCUT2D eigenvalue weighted by atomic mass is 14.7. The zero-order valence-corrected chi connectivity index (χ0v) is 13.0. The van der Waals surface area contributed by atoms with Crippen molar-refractivity contribution < 1.29 is 0 Å². The van der Waals surface area contributed by atoms with E-state index in [-0.39, 0.29) is 5.54 Å². The summed E-state index contributed by atoms with van der Waals surface area (Å²) in [5.74, 6) is 0. The van der Waals surface area contributed by atoms with Gasteiger partial charge in [0.05, 0.1) is 0 Å². The number of hydrogen-bond acceptors (Lipinski definition) is 1. The molecular weight excluding hydrogens is 242 g/mol. The highest BCUT2D eigenvalue weighted by Crippen LogP contribution is 2.24. The number of aryl methyl sites for hydroxylation is 3. The van der Waals surface area contributed by atoms with Gasteiger partial charge in [0.2, 0.25) is 0 Å². The SMILES string of the molecule is CCc1ccc(C(C)(N)Cc2ccc(C)c(C)c2)cc1. The van der Waals surface area contributed by atoms with Crippen LogP contribution in [0.25, 0.3) is 0 Å². The van der Waals surface area contributed by atoms with Crippen molar-refractivity contribution in [2.24, 2.45) is 5.73 Å². The van der Waals surface area contributed by atoms with Crippen LogP contribution >= 0.6 is 0 Å². The van der Waals surface area contributed by atoms with Crippen LogP contribution in [0.4, 0.5) is 0 Å². The minimum absolute atomic E-state index is 0.325. The summed E-state index contributed by atoms with van der Waals surface area (Å²) < 4.78 is 0. The maximum atomic E-state index is 6.55. The van der Waals surface area contributed by atoms with Crippen LogP contribution in [0.3, 0.4) is 0 Å².